The molecule has 1 saturated heterocycles. The molecule has 1 heterocycles. The smallest absolute Gasteiger partial charge is 0.223 e. The number of nitrogens with zero attached hydrogens (tertiary/aromatic N) is 1. The molecule has 0 aromatic rings. The summed E-state index contributed by atoms with van der Waals surface area (Å²) >= 11 is 0. The fraction of sp³-hybridized carbons (Fsp3) is 0.900. The van der Waals surface area contributed by atoms with Gasteiger partial charge in [0.25, 0.3) is 0 Å². The normalized spacial score (nSPS) is 18.4. The van der Waals surface area contributed by atoms with Gasteiger partial charge in [-0.25, -0.2) is 13.1 Å². The highest BCUT2D eigenvalue weighted by Gasteiger charge is 2.23. The van der Waals surface area contributed by atoms with Crippen molar-refractivity contribution >= 4 is 15.9 Å². The van der Waals surface area contributed by atoms with Crippen LogP contribution in [0, 0.1) is 0 Å². The van der Waals surface area contributed by atoms with Crippen LogP contribution in [0.2, 0.25) is 0 Å². The van der Waals surface area contributed by atoms with Gasteiger partial charge < -0.3 is 10.2 Å². The maximum Gasteiger partial charge on any atom is 0.223 e. The zero-order valence-electron chi connectivity index (χ0n) is 10.4. The molecule has 0 spiro atoms. The molecule has 0 aromatic heterocycles. The molecule has 1 aliphatic heterocycles. The van der Waals surface area contributed by atoms with Crippen molar-refractivity contribution in [3.05, 3.63) is 0 Å². The first-order chi connectivity index (χ1) is 7.92. The monoisotopic (exact) mass is 263 g/mol. The number of nitrogens with one attached hydrogen (secondary N) is 2. The highest BCUT2D eigenvalue weighted by molar-refractivity contribution is 7.88. The van der Waals surface area contributed by atoms with E-state index in [2.05, 4.69) is 10.0 Å². The Morgan fingerprint density at radius 2 is 1.94 bits per heavy atom. The van der Waals surface area contributed by atoms with E-state index in [1.807, 2.05) is 7.05 Å². The van der Waals surface area contributed by atoms with Gasteiger partial charge in [-0.05, 0) is 19.9 Å². The molecule has 17 heavy (non-hydrogen) atoms. The summed E-state index contributed by atoms with van der Waals surface area (Å²) in [6, 6.07) is -0.0293. The van der Waals surface area contributed by atoms with Crippen molar-refractivity contribution in [2.75, 3.05) is 32.9 Å². The highest BCUT2D eigenvalue weighted by atomic mass is 32.2. The lowest BCUT2D eigenvalue weighted by Gasteiger charge is -2.32. The quantitative estimate of drug-likeness (QED) is 0.676. The topological polar surface area (TPSA) is 78.5 Å². The Bertz CT molecular complexity index is 348. The predicted octanol–water partition coefficient (Wildman–Crippen LogP) is -0.864. The highest BCUT2D eigenvalue weighted by Crippen LogP contribution is 2.11. The Kier molecular flexibility index (Phi) is 5.35. The van der Waals surface area contributed by atoms with Crippen molar-refractivity contribution in [3.8, 4) is 0 Å². The van der Waals surface area contributed by atoms with Gasteiger partial charge in [0.2, 0.25) is 15.9 Å². The molecule has 0 radical (unpaired) electrons. The SMILES string of the molecule is CNCCC(=O)N1CCC(NS(C)(=O)=O)CC1. The van der Waals surface area contributed by atoms with Crippen LogP contribution in [0.25, 0.3) is 0 Å². The number of sulfonamides is 1. The van der Waals surface area contributed by atoms with Crippen molar-refractivity contribution in [2.24, 2.45) is 0 Å². The number of piperidine rings is 1. The summed E-state index contributed by atoms with van der Waals surface area (Å²) in [4.78, 5) is 13.5. The van der Waals surface area contributed by atoms with E-state index in [1.165, 1.54) is 0 Å². The fourth-order valence-electron chi connectivity index (χ4n) is 1.94. The molecule has 1 rings (SSSR count). The molecule has 6 nitrogen and oxygen atoms in total. The number of likely N-dealkylation sites (tertiary alicyclic amines) is 1. The summed E-state index contributed by atoms with van der Waals surface area (Å²) in [6.45, 7) is 1.95. The van der Waals surface area contributed by atoms with Crippen LogP contribution in [0.15, 0.2) is 0 Å². The molecule has 0 aliphatic carbocycles. The largest absolute Gasteiger partial charge is 0.343 e. The van der Waals surface area contributed by atoms with Gasteiger partial charge in [-0.2, -0.15) is 0 Å². The van der Waals surface area contributed by atoms with Crippen molar-refractivity contribution in [1.82, 2.24) is 14.9 Å². The Hall–Kier alpha value is -0.660. The molecular formula is C10H21N3O3S. The molecule has 2 N–H and O–H groups in total. The minimum Gasteiger partial charge on any atom is -0.343 e. The number of rotatable bonds is 5. The standard InChI is InChI=1S/C10H21N3O3S/c1-11-6-3-10(14)13-7-4-9(5-8-13)12-17(2,15)16/h9,11-12H,3-8H2,1-2H3. The molecule has 1 aliphatic rings. The van der Waals surface area contributed by atoms with E-state index in [1.54, 1.807) is 4.90 Å². The summed E-state index contributed by atoms with van der Waals surface area (Å²) in [6.07, 6.45) is 3.05. The van der Waals surface area contributed by atoms with Crippen LogP contribution >= 0.6 is 0 Å². The van der Waals surface area contributed by atoms with Crippen molar-refractivity contribution in [1.29, 1.82) is 0 Å². The second kappa shape index (κ2) is 6.32. The zero-order chi connectivity index (χ0) is 12.9. The van der Waals surface area contributed by atoms with Gasteiger partial charge in [0, 0.05) is 32.1 Å². The summed E-state index contributed by atoms with van der Waals surface area (Å²) < 4.78 is 24.7. The third-order valence-electron chi connectivity index (χ3n) is 2.82. The molecule has 7 heteroatoms. The van der Waals surface area contributed by atoms with Gasteiger partial charge in [-0.3, -0.25) is 4.79 Å². The predicted molar refractivity (Wildman–Crippen MR) is 66.1 cm³/mol. The summed E-state index contributed by atoms with van der Waals surface area (Å²) in [5.41, 5.74) is 0. The van der Waals surface area contributed by atoms with E-state index >= 15 is 0 Å². The summed E-state index contributed by atoms with van der Waals surface area (Å²) in [5.74, 6) is 0.136. The van der Waals surface area contributed by atoms with E-state index < -0.39 is 10.0 Å². The second-order valence-electron chi connectivity index (χ2n) is 4.40. The van der Waals surface area contributed by atoms with Gasteiger partial charge in [0.15, 0.2) is 0 Å². The second-order valence-corrected chi connectivity index (χ2v) is 6.18. The van der Waals surface area contributed by atoms with Gasteiger partial charge in [0.05, 0.1) is 6.26 Å². The van der Waals surface area contributed by atoms with Crippen molar-refractivity contribution < 1.29 is 13.2 Å². The molecular weight excluding hydrogens is 242 g/mol. The lowest BCUT2D eigenvalue weighted by molar-refractivity contribution is -0.132. The van der Waals surface area contributed by atoms with Gasteiger partial charge in [-0.15, -0.1) is 0 Å². The van der Waals surface area contributed by atoms with Crippen molar-refractivity contribution in [3.63, 3.8) is 0 Å². The number of carbonyl (C=O) groups is 1. The Balaban J connectivity index is 2.33. The first-order valence-corrected chi connectivity index (χ1v) is 7.71. The zero-order valence-corrected chi connectivity index (χ0v) is 11.2. The lowest BCUT2D eigenvalue weighted by atomic mass is 10.1. The third-order valence-corrected chi connectivity index (χ3v) is 3.58. The Morgan fingerprint density at radius 3 is 2.41 bits per heavy atom. The molecule has 0 saturated carbocycles. The maximum atomic E-state index is 11.7. The lowest BCUT2D eigenvalue weighted by Crippen LogP contribution is -2.46. The molecule has 0 unspecified atom stereocenters. The van der Waals surface area contributed by atoms with Crippen LogP contribution in [0.5, 0.6) is 0 Å². The van der Waals surface area contributed by atoms with E-state index in [0.717, 1.165) is 6.26 Å². The Labute approximate surface area is 103 Å². The average Bonchev–Trinajstić information content (AvgIpc) is 2.24. The first kappa shape index (κ1) is 14.4. The fourth-order valence-corrected chi connectivity index (χ4v) is 2.78. The van der Waals surface area contributed by atoms with Crippen molar-refractivity contribution in [2.45, 2.75) is 25.3 Å². The van der Waals surface area contributed by atoms with E-state index in [9.17, 15) is 13.2 Å². The molecule has 1 fully saturated rings. The van der Waals surface area contributed by atoms with E-state index in [-0.39, 0.29) is 11.9 Å². The van der Waals surface area contributed by atoms with E-state index in [0.29, 0.717) is 38.9 Å². The molecule has 0 bridgehead atoms. The molecule has 100 valence electrons. The molecule has 0 aromatic carbocycles. The number of hydrogen-bond acceptors (Lipinski definition) is 4. The number of hydrogen-bond donors (Lipinski definition) is 2. The first-order valence-electron chi connectivity index (χ1n) is 5.82. The van der Waals surface area contributed by atoms with Crippen LogP contribution in [0.3, 0.4) is 0 Å². The summed E-state index contributed by atoms with van der Waals surface area (Å²) in [5, 5.41) is 2.94. The minimum atomic E-state index is -3.14. The van der Waals surface area contributed by atoms with Crippen LogP contribution in [0.4, 0.5) is 0 Å². The van der Waals surface area contributed by atoms with Crippen LogP contribution in [-0.4, -0.2) is 58.2 Å². The maximum absolute atomic E-state index is 11.7. The van der Waals surface area contributed by atoms with Gasteiger partial charge in [0.1, 0.15) is 0 Å². The van der Waals surface area contributed by atoms with Gasteiger partial charge >= 0.3 is 0 Å². The number of amides is 1. The van der Waals surface area contributed by atoms with Gasteiger partial charge in [-0.1, -0.05) is 0 Å². The third kappa shape index (κ3) is 5.47. The molecule has 1 amide bonds. The Morgan fingerprint density at radius 1 is 1.35 bits per heavy atom. The van der Waals surface area contributed by atoms with Crippen LogP contribution in [0.1, 0.15) is 19.3 Å². The summed E-state index contributed by atoms with van der Waals surface area (Å²) in [7, 11) is -1.32. The molecule has 0 atom stereocenters. The minimum absolute atomic E-state index is 0.0293. The average molecular weight is 263 g/mol. The van der Waals surface area contributed by atoms with E-state index in [4.69, 9.17) is 0 Å². The van der Waals surface area contributed by atoms with Crippen LogP contribution < -0.4 is 10.0 Å². The van der Waals surface area contributed by atoms with Crippen LogP contribution in [-0.2, 0) is 14.8 Å². The number of carbonyl (C=O) groups excluding carboxylic acids is 1.